The zero-order valence-electron chi connectivity index (χ0n) is 18.2. The molecular weight excluding hydrogens is 519 g/mol. The first kappa shape index (κ1) is 23.4. The van der Waals surface area contributed by atoms with E-state index in [0.717, 1.165) is 16.9 Å². The van der Waals surface area contributed by atoms with Crippen molar-refractivity contribution >= 4 is 66.2 Å². The summed E-state index contributed by atoms with van der Waals surface area (Å²) in [5.41, 5.74) is 14.4. The van der Waals surface area contributed by atoms with E-state index in [-0.39, 0.29) is 38.4 Å². The maximum absolute atomic E-state index is 13.3. The third-order valence-electron chi connectivity index (χ3n) is 5.25. The van der Waals surface area contributed by atoms with Crippen LogP contribution < -0.4 is 16.2 Å². The summed E-state index contributed by atoms with van der Waals surface area (Å²) < 4.78 is 27.5. The second-order valence-electron chi connectivity index (χ2n) is 7.43. The summed E-state index contributed by atoms with van der Waals surface area (Å²) in [4.78, 5) is 25.9. The Hall–Kier alpha value is -4.38. The topological polar surface area (TPSA) is 178 Å². The fourth-order valence-electron chi connectivity index (χ4n) is 3.59. The highest BCUT2D eigenvalue weighted by Crippen LogP contribution is 2.43. The number of sulfonamides is 1. The number of hydrogen-bond acceptors (Lipinski definition) is 11. The molecule has 0 saturated heterocycles. The molecule has 0 unspecified atom stereocenters. The van der Waals surface area contributed by atoms with Crippen LogP contribution in [0.2, 0.25) is 0 Å². The molecular formula is C23H15N7O3S3. The number of thiophene rings is 2. The lowest BCUT2D eigenvalue weighted by atomic mass is 9.99. The van der Waals surface area contributed by atoms with Gasteiger partial charge in [0.05, 0.1) is 10.6 Å². The number of nitrogen functional groups attached to an aromatic ring is 2. The highest BCUT2D eigenvalue weighted by molar-refractivity contribution is 7.92. The van der Waals surface area contributed by atoms with Gasteiger partial charge in [0.2, 0.25) is 11.7 Å². The number of carbonyl (C=O) groups is 1. The van der Waals surface area contributed by atoms with Gasteiger partial charge in [-0.3, -0.25) is 4.79 Å². The molecule has 0 spiro atoms. The molecule has 0 aliphatic heterocycles. The molecule has 1 aromatic carbocycles. The maximum Gasteiger partial charge on any atom is 0.264 e. The Morgan fingerprint density at radius 1 is 1.08 bits per heavy atom. The summed E-state index contributed by atoms with van der Waals surface area (Å²) in [5.74, 6) is -0.427. The molecule has 5 aromatic rings. The zero-order chi connectivity index (χ0) is 25.4. The number of ketones is 1. The van der Waals surface area contributed by atoms with Gasteiger partial charge in [-0.05, 0) is 52.7 Å². The van der Waals surface area contributed by atoms with Crippen LogP contribution in [0.5, 0.6) is 0 Å². The molecule has 5 rings (SSSR count). The van der Waals surface area contributed by atoms with Gasteiger partial charge in [0, 0.05) is 28.9 Å². The second-order valence-corrected chi connectivity index (χ2v) is 10.9. The van der Waals surface area contributed by atoms with Gasteiger partial charge in [0.1, 0.15) is 27.2 Å². The van der Waals surface area contributed by atoms with E-state index in [2.05, 4.69) is 25.7 Å². The molecule has 0 atom stereocenters. The number of anilines is 3. The Bertz CT molecular complexity index is 1760. The van der Waals surface area contributed by atoms with Crippen molar-refractivity contribution in [1.29, 1.82) is 5.26 Å². The molecule has 10 nitrogen and oxygen atoms in total. The first-order valence-electron chi connectivity index (χ1n) is 10.2. The van der Waals surface area contributed by atoms with E-state index in [1.807, 2.05) is 16.8 Å². The molecule has 0 aliphatic rings. The molecule has 5 N–H and O–H groups in total. The number of nitrogens with two attached hydrogens (primary N) is 2. The summed E-state index contributed by atoms with van der Waals surface area (Å²) >= 11 is 2.51. The third kappa shape index (κ3) is 4.03. The van der Waals surface area contributed by atoms with E-state index in [1.54, 1.807) is 6.07 Å². The molecule has 0 radical (unpaired) electrons. The van der Waals surface area contributed by atoms with Gasteiger partial charge in [0.15, 0.2) is 0 Å². The first-order valence-corrected chi connectivity index (χ1v) is 13.4. The molecule has 0 saturated carbocycles. The molecule has 0 aliphatic carbocycles. The van der Waals surface area contributed by atoms with E-state index < -0.39 is 15.8 Å². The standard InChI is InChI=1S/C23H15N7O3S3/c24-10-15-16(13-6-9-34-11-13)17-18(25)20(35-22(17)29-21(15)26)19(31)12-2-4-14(5-3-12)36(32,33)30-23-27-7-1-8-28-23/h1-9,11H,25H2,(H2,26,29)(H,27,28,30). The number of fused-ring (bicyclic) bond motifs is 1. The fraction of sp³-hybridized carbons (Fsp3) is 0. The van der Waals surface area contributed by atoms with Crippen molar-refractivity contribution in [2.75, 3.05) is 16.2 Å². The van der Waals surface area contributed by atoms with Gasteiger partial charge in [-0.2, -0.15) is 16.6 Å². The van der Waals surface area contributed by atoms with Crippen LogP contribution >= 0.6 is 22.7 Å². The van der Waals surface area contributed by atoms with Crippen molar-refractivity contribution in [3.8, 4) is 17.2 Å². The minimum Gasteiger partial charge on any atom is -0.397 e. The van der Waals surface area contributed by atoms with Crippen LogP contribution in [0.4, 0.5) is 17.5 Å². The number of hydrogen-bond donors (Lipinski definition) is 3. The minimum atomic E-state index is -3.95. The quantitative estimate of drug-likeness (QED) is 0.273. The average molecular weight is 534 g/mol. The Kier molecular flexibility index (Phi) is 5.84. The van der Waals surface area contributed by atoms with Gasteiger partial charge in [-0.1, -0.05) is 0 Å². The third-order valence-corrected chi connectivity index (χ3v) is 8.38. The summed E-state index contributed by atoms with van der Waals surface area (Å²) in [6, 6.07) is 10.9. The fourth-order valence-corrected chi connectivity index (χ4v) is 6.27. The number of rotatable bonds is 6. The summed E-state index contributed by atoms with van der Waals surface area (Å²) in [5, 5.41) is 13.9. The van der Waals surface area contributed by atoms with Crippen LogP contribution in [0.15, 0.2) is 64.4 Å². The van der Waals surface area contributed by atoms with E-state index in [0.29, 0.717) is 15.8 Å². The summed E-state index contributed by atoms with van der Waals surface area (Å²) in [7, 11) is -3.95. The predicted molar refractivity (Wildman–Crippen MR) is 139 cm³/mol. The van der Waals surface area contributed by atoms with E-state index >= 15 is 0 Å². The van der Waals surface area contributed by atoms with Crippen molar-refractivity contribution in [2.45, 2.75) is 4.90 Å². The van der Waals surface area contributed by atoms with Crippen molar-refractivity contribution < 1.29 is 13.2 Å². The Morgan fingerprint density at radius 3 is 2.44 bits per heavy atom. The lowest BCUT2D eigenvalue weighted by Crippen LogP contribution is -2.15. The normalized spacial score (nSPS) is 11.3. The number of carbonyl (C=O) groups excluding carboxylic acids is 1. The number of nitrogens with one attached hydrogen (secondary N) is 1. The van der Waals surface area contributed by atoms with Gasteiger partial charge in [-0.25, -0.2) is 28.1 Å². The highest BCUT2D eigenvalue weighted by Gasteiger charge is 2.25. The summed E-state index contributed by atoms with van der Waals surface area (Å²) in [6.45, 7) is 0. The van der Waals surface area contributed by atoms with Crippen molar-refractivity contribution in [3.63, 3.8) is 0 Å². The number of nitrogens with zero attached hydrogens (tertiary/aromatic N) is 4. The number of aromatic nitrogens is 3. The predicted octanol–water partition coefficient (Wildman–Crippen LogP) is 3.88. The van der Waals surface area contributed by atoms with Crippen LogP contribution in [0.1, 0.15) is 20.8 Å². The number of nitriles is 1. The molecule has 0 bridgehead atoms. The van der Waals surface area contributed by atoms with Crippen molar-refractivity contribution in [1.82, 2.24) is 15.0 Å². The van der Waals surface area contributed by atoms with E-state index in [1.165, 1.54) is 48.0 Å². The first-order chi connectivity index (χ1) is 17.3. The zero-order valence-corrected chi connectivity index (χ0v) is 20.6. The average Bonchev–Trinajstić information content (AvgIpc) is 3.52. The Labute approximate surface area is 212 Å². The molecule has 4 aromatic heterocycles. The van der Waals surface area contributed by atoms with Crippen LogP contribution in [0, 0.1) is 11.3 Å². The molecule has 13 heteroatoms. The monoisotopic (exact) mass is 533 g/mol. The van der Waals surface area contributed by atoms with Crippen molar-refractivity contribution in [3.05, 3.63) is 75.6 Å². The Morgan fingerprint density at radius 2 is 1.81 bits per heavy atom. The largest absolute Gasteiger partial charge is 0.397 e. The minimum absolute atomic E-state index is 0.0518. The van der Waals surface area contributed by atoms with Crippen LogP contribution in [0.25, 0.3) is 21.3 Å². The molecule has 0 fully saturated rings. The smallest absolute Gasteiger partial charge is 0.264 e. The van der Waals surface area contributed by atoms with Gasteiger partial charge in [0.25, 0.3) is 10.0 Å². The molecule has 0 amide bonds. The van der Waals surface area contributed by atoms with Crippen molar-refractivity contribution in [2.24, 2.45) is 0 Å². The lowest BCUT2D eigenvalue weighted by Gasteiger charge is -2.08. The molecule has 178 valence electrons. The Balaban J connectivity index is 1.53. The van der Waals surface area contributed by atoms with Crippen LogP contribution in [-0.4, -0.2) is 29.2 Å². The maximum atomic E-state index is 13.3. The highest BCUT2D eigenvalue weighted by atomic mass is 32.2. The van der Waals surface area contributed by atoms with E-state index in [9.17, 15) is 18.5 Å². The van der Waals surface area contributed by atoms with Gasteiger partial charge >= 0.3 is 0 Å². The van der Waals surface area contributed by atoms with Crippen LogP contribution in [-0.2, 0) is 10.0 Å². The number of pyridine rings is 1. The van der Waals surface area contributed by atoms with Crippen LogP contribution in [0.3, 0.4) is 0 Å². The SMILES string of the molecule is N#Cc1c(N)nc2sc(C(=O)c3ccc(S(=O)(=O)Nc4ncccn4)cc3)c(N)c2c1-c1ccsc1. The molecule has 4 heterocycles. The van der Waals surface area contributed by atoms with Gasteiger partial charge < -0.3 is 11.5 Å². The second kappa shape index (κ2) is 9.00. The lowest BCUT2D eigenvalue weighted by molar-refractivity contribution is 0.104. The number of benzene rings is 1. The summed E-state index contributed by atoms with van der Waals surface area (Å²) in [6.07, 6.45) is 2.82. The van der Waals surface area contributed by atoms with Gasteiger partial charge in [-0.15, -0.1) is 11.3 Å². The van der Waals surface area contributed by atoms with E-state index in [4.69, 9.17) is 11.5 Å². The molecule has 36 heavy (non-hydrogen) atoms.